The highest BCUT2D eigenvalue weighted by atomic mass is 35.5. The number of rotatable bonds is 2. The maximum absolute atomic E-state index is 13.3. The van der Waals surface area contributed by atoms with Crippen LogP contribution < -0.4 is 11.1 Å². The molecule has 0 bridgehead atoms. The summed E-state index contributed by atoms with van der Waals surface area (Å²) in [6, 6.07) is 9.83. The third-order valence-electron chi connectivity index (χ3n) is 3.00. The molecule has 1 heterocycles. The van der Waals surface area contributed by atoms with Crippen LogP contribution in [-0.2, 0) is 0 Å². The van der Waals surface area contributed by atoms with Gasteiger partial charge in [-0.15, -0.1) is 0 Å². The molecule has 0 amide bonds. The largest absolute Gasteiger partial charge is 0.397 e. The predicted octanol–water partition coefficient (Wildman–Crippen LogP) is 4.35. The Balaban J connectivity index is 2.04. The smallest absolute Gasteiger partial charge is 0.126 e. The van der Waals surface area contributed by atoms with Crippen LogP contribution in [0.2, 0.25) is 5.02 Å². The van der Waals surface area contributed by atoms with E-state index in [1.54, 1.807) is 18.5 Å². The van der Waals surface area contributed by atoms with E-state index in [9.17, 15) is 4.39 Å². The number of nitrogens with one attached hydrogen (secondary N) is 1. The van der Waals surface area contributed by atoms with Crippen LogP contribution in [0.1, 0.15) is 0 Å². The Morgan fingerprint density at radius 3 is 2.80 bits per heavy atom. The van der Waals surface area contributed by atoms with Crippen LogP contribution in [-0.4, -0.2) is 4.98 Å². The molecule has 0 atom stereocenters. The molecule has 100 valence electrons. The first kappa shape index (κ1) is 12.7. The highest BCUT2D eigenvalue weighted by Crippen LogP contribution is 2.31. The first-order valence-corrected chi connectivity index (χ1v) is 6.36. The number of halogens is 2. The molecule has 0 saturated heterocycles. The van der Waals surface area contributed by atoms with E-state index in [1.807, 2.05) is 18.2 Å². The van der Waals surface area contributed by atoms with Gasteiger partial charge in [0.05, 0.1) is 11.4 Å². The quantitative estimate of drug-likeness (QED) is 0.689. The first-order chi connectivity index (χ1) is 9.63. The molecule has 0 spiro atoms. The van der Waals surface area contributed by atoms with Gasteiger partial charge in [0.2, 0.25) is 0 Å². The Bertz CT molecular complexity index is 769. The summed E-state index contributed by atoms with van der Waals surface area (Å²) in [5.74, 6) is -0.399. The Morgan fingerprint density at radius 2 is 2.00 bits per heavy atom. The van der Waals surface area contributed by atoms with E-state index in [0.717, 1.165) is 10.8 Å². The van der Waals surface area contributed by atoms with Crippen molar-refractivity contribution in [3.05, 3.63) is 59.6 Å². The van der Waals surface area contributed by atoms with Gasteiger partial charge in [-0.2, -0.15) is 0 Å². The predicted molar refractivity (Wildman–Crippen MR) is 80.8 cm³/mol. The number of anilines is 3. The molecule has 3 aromatic rings. The van der Waals surface area contributed by atoms with Crippen molar-refractivity contribution in [3.8, 4) is 0 Å². The van der Waals surface area contributed by atoms with Gasteiger partial charge in [-0.1, -0.05) is 17.7 Å². The first-order valence-electron chi connectivity index (χ1n) is 5.99. The second-order valence-corrected chi connectivity index (χ2v) is 4.84. The molecular formula is C15H11ClFN3. The van der Waals surface area contributed by atoms with E-state index in [0.29, 0.717) is 22.1 Å². The van der Waals surface area contributed by atoms with Gasteiger partial charge in [0.25, 0.3) is 0 Å². The minimum Gasteiger partial charge on any atom is -0.397 e. The summed E-state index contributed by atoms with van der Waals surface area (Å²) in [4.78, 5) is 4.05. The maximum Gasteiger partial charge on any atom is 0.126 e. The average Bonchev–Trinajstić information content (AvgIpc) is 2.41. The Morgan fingerprint density at radius 1 is 1.15 bits per heavy atom. The van der Waals surface area contributed by atoms with Crippen LogP contribution in [0.5, 0.6) is 0 Å². The summed E-state index contributed by atoms with van der Waals surface area (Å²) < 4.78 is 13.3. The third kappa shape index (κ3) is 2.38. The van der Waals surface area contributed by atoms with Crippen molar-refractivity contribution in [2.45, 2.75) is 0 Å². The lowest BCUT2D eigenvalue weighted by atomic mass is 10.1. The van der Waals surface area contributed by atoms with Crippen molar-refractivity contribution in [1.82, 2.24) is 4.98 Å². The van der Waals surface area contributed by atoms with Gasteiger partial charge in [-0.3, -0.25) is 4.98 Å². The second-order valence-electron chi connectivity index (χ2n) is 4.41. The molecule has 0 aliphatic carbocycles. The van der Waals surface area contributed by atoms with Crippen LogP contribution in [0.25, 0.3) is 10.8 Å². The fourth-order valence-corrected chi connectivity index (χ4v) is 2.31. The molecule has 3 rings (SSSR count). The summed E-state index contributed by atoms with van der Waals surface area (Å²) in [7, 11) is 0. The van der Waals surface area contributed by atoms with Crippen molar-refractivity contribution in [3.63, 3.8) is 0 Å². The van der Waals surface area contributed by atoms with E-state index >= 15 is 0 Å². The van der Waals surface area contributed by atoms with E-state index < -0.39 is 5.82 Å². The molecule has 3 nitrogen and oxygen atoms in total. The lowest BCUT2D eigenvalue weighted by Crippen LogP contribution is -1.98. The molecule has 1 aromatic heterocycles. The van der Waals surface area contributed by atoms with E-state index in [-0.39, 0.29) is 0 Å². The number of nitrogens with two attached hydrogens (primary N) is 1. The van der Waals surface area contributed by atoms with Gasteiger partial charge in [0.1, 0.15) is 5.82 Å². The molecule has 20 heavy (non-hydrogen) atoms. The monoisotopic (exact) mass is 287 g/mol. The number of aromatic nitrogens is 1. The Hall–Kier alpha value is -2.33. The van der Waals surface area contributed by atoms with Crippen LogP contribution in [0, 0.1) is 5.82 Å². The van der Waals surface area contributed by atoms with Gasteiger partial charge in [-0.05, 0) is 30.3 Å². The van der Waals surface area contributed by atoms with Crippen LogP contribution in [0.4, 0.5) is 21.5 Å². The lowest BCUT2D eigenvalue weighted by Gasteiger charge is -2.12. The maximum atomic E-state index is 13.3. The zero-order valence-corrected chi connectivity index (χ0v) is 11.2. The lowest BCUT2D eigenvalue weighted by molar-refractivity contribution is 0.628. The van der Waals surface area contributed by atoms with Crippen molar-refractivity contribution >= 4 is 39.4 Å². The summed E-state index contributed by atoms with van der Waals surface area (Å²) >= 11 is 5.83. The van der Waals surface area contributed by atoms with Crippen molar-refractivity contribution in [1.29, 1.82) is 0 Å². The van der Waals surface area contributed by atoms with E-state index in [2.05, 4.69) is 10.3 Å². The van der Waals surface area contributed by atoms with Gasteiger partial charge in [0, 0.05) is 33.9 Å². The highest BCUT2D eigenvalue weighted by Gasteiger charge is 2.06. The van der Waals surface area contributed by atoms with Crippen molar-refractivity contribution in [2.75, 3.05) is 11.1 Å². The van der Waals surface area contributed by atoms with Crippen LogP contribution >= 0.6 is 11.6 Å². The van der Waals surface area contributed by atoms with Gasteiger partial charge in [-0.25, -0.2) is 4.39 Å². The number of hydrogen-bond donors (Lipinski definition) is 2. The minimum atomic E-state index is -0.399. The fourth-order valence-electron chi connectivity index (χ4n) is 2.08. The normalized spacial score (nSPS) is 10.7. The SMILES string of the molecule is Nc1c(Nc2cc(F)cc(Cl)c2)ccc2cnccc12. The molecule has 0 unspecified atom stereocenters. The molecule has 0 fully saturated rings. The summed E-state index contributed by atoms with van der Waals surface area (Å²) in [5, 5.41) is 5.25. The summed E-state index contributed by atoms with van der Waals surface area (Å²) in [6.45, 7) is 0. The highest BCUT2D eigenvalue weighted by molar-refractivity contribution is 6.30. The molecule has 5 heteroatoms. The molecular weight excluding hydrogens is 277 g/mol. The average molecular weight is 288 g/mol. The van der Waals surface area contributed by atoms with E-state index in [1.165, 1.54) is 12.1 Å². The molecule has 0 aliphatic heterocycles. The number of nitrogen functional groups attached to an aromatic ring is 1. The third-order valence-corrected chi connectivity index (χ3v) is 3.22. The number of hydrogen-bond acceptors (Lipinski definition) is 3. The molecule has 3 N–H and O–H groups in total. The van der Waals surface area contributed by atoms with Crippen molar-refractivity contribution in [2.24, 2.45) is 0 Å². The molecule has 2 aromatic carbocycles. The zero-order valence-electron chi connectivity index (χ0n) is 10.4. The topological polar surface area (TPSA) is 50.9 Å². The number of benzene rings is 2. The van der Waals surface area contributed by atoms with Gasteiger partial charge < -0.3 is 11.1 Å². The number of pyridine rings is 1. The zero-order chi connectivity index (χ0) is 14.1. The summed E-state index contributed by atoms with van der Waals surface area (Å²) in [6.07, 6.45) is 3.43. The molecule has 0 radical (unpaired) electrons. The molecule has 0 aliphatic rings. The van der Waals surface area contributed by atoms with Gasteiger partial charge >= 0.3 is 0 Å². The molecule has 0 saturated carbocycles. The fraction of sp³-hybridized carbons (Fsp3) is 0. The minimum absolute atomic E-state index is 0.330. The van der Waals surface area contributed by atoms with E-state index in [4.69, 9.17) is 17.3 Å². The second kappa shape index (κ2) is 4.98. The summed E-state index contributed by atoms with van der Waals surface area (Å²) in [5.41, 5.74) is 7.96. The number of nitrogens with zero attached hydrogens (tertiary/aromatic N) is 1. The van der Waals surface area contributed by atoms with Crippen LogP contribution in [0.3, 0.4) is 0 Å². The van der Waals surface area contributed by atoms with Crippen molar-refractivity contribution < 1.29 is 4.39 Å². The Labute approximate surface area is 120 Å². The van der Waals surface area contributed by atoms with Crippen LogP contribution in [0.15, 0.2) is 48.8 Å². The number of fused-ring (bicyclic) bond motifs is 1. The standard InChI is InChI=1S/C15H11ClFN3/c16-10-5-11(17)7-12(6-10)20-14-2-1-9-8-19-4-3-13(9)15(14)18/h1-8,20H,18H2. The van der Waals surface area contributed by atoms with Gasteiger partial charge in [0.15, 0.2) is 0 Å². The Kier molecular flexibility index (Phi) is 3.16.